The van der Waals surface area contributed by atoms with Crippen LogP contribution in [0, 0.1) is 0 Å². The van der Waals surface area contributed by atoms with E-state index in [0.29, 0.717) is 18.0 Å². The van der Waals surface area contributed by atoms with Gasteiger partial charge < -0.3 is 25.6 Å². The van der Waals surface area contributed by atoms with E-state index in [1.807, 2.05) is 24.3 Å². The van der Waals surface area contributed by atoms with Crippen LogP contribution >= 0.6 is 0 Å². The molecule has 4 N–H and O–H groups in total. The number of aromatic hydroxyl groups is 1. The molecule has 0 unspecified atom stereocenters. The summed E-state index contributed by atoms with van der Waals surface area (Å²) in [6, 6.07) is 11.0. The van der Waals surface area contributed by atoms with Gasteiger partial charge >= 0.3 is 0 Å². The van der Waals surface area contributed by atoms with Crippen molar-refractivity contribution in [3.8, 4) is 17.2 Å². The summed E-state index contributed by atoms with van der Waals surface area (Å²) in [5, 5.41) is 13.1. The number of anilines is 2. The van der Waals surface area contributed by atoms with Gasteiger partial charge in [0.1, 0.15) is 0 Å². The first-order valence-electron chi connectivity index (χ1n) is 6.17. The summed E-state index contributed by atoms with van der Waals surface area (Å²) in [4.78, 5) is 0. The molecule has 0 heterocycles. The second kappa shape index (κ2) is 6.06. The van der Waals surface area contributed by atoms with Crippen molar-refractivity contribution in [2.75, 3.05) is 25.3 Å². The molecule has 0 bridgehead atoms. The van der Waals surface area contributed by atoms with Crippen molar-refractivity contribution < 1.29 is 14.6 Å². The zero-order valence-electron chi connectivity index (χ0n) is 11.5. The van der Waals surface area contributed by atoms with Gasteiger partial charge in [0, 0.05) is 30.1 Å². The fraction of sp³-hybridized carbons (Fsp3) is 0.200. The van der Waals surface area contributed by atoms with Gasteiger partial charge in [0.2, 0.25) is 5.75 Å². The molecule has 5 nitrogen and oxygen atoms in total. The van der Waals surface area contributed by atoms with Gasteiger partial charge in [-0.1, -0.05) is 12.1 Å². The third kappa shape index (κ3) is 3.06. The Kier molecular flexibility index (Phi) is 4.20. The fourth-order valence-corrected chi connectivity index (χ4v) is 1.89. The molecule has 0 saturated heterocycles. The standard InChI is InChI=1S/C15H18N2O3/c1-19-14-8-12(7-13(18)15(14)20-2)17-9-10-3-5-11(16)6-4-10/h3-8,17-18H,9,16H2,1-2H3. The molecule has 0 aromatic heterocycles. The molecule has 0 fully saturated rings. The molecule has 2 aromatic carbocycles. The van der Waals surface area contributed by atoms with Gasteiger partial charge in [0.05, 0.1) is 14.2 Å². The van der Waals surface area contributed by atoms with Crippen LogP contribution in [0.2, 0.25) is 0 Å². The highest BCUT2D eigenvalue weighted by atomic mass is 16.5. The summed E-state index contributed by atoms with van der Waals surface area (Å²) in [5.41, 5.74) is 8.21. The summed E-state index contributed by atoms with van der Waals surface area (Å²) in [7, 11) is 3.01. The Balaban J connectivity index is 2.13. The van der Waals surface area contributed by atoms with Crippen LogP contribution in [0.5, 0.6) is 17.2 Å². The molecule has 0 aliphatic rings. The lowest BCUT2D eigenvalue weighted by Crippen LogP contribution is -2.00. The predicted octanol–water partition coefficient (Wildman–Crippen LogP) is 2.60. The molecular weight excluding hydrogens is 256 g/mol. The summed E-state index contributed by atoms with van der Waals surface area (Å²) >= 11 is 0. The molecule has 2 rings (SSSR count). The molecule has 0 aliphatic heterocycles. The van der Waals surface area contributed by atoms with Gasteiger partial charge in [0.15, 0.2) is 11.5 Å². The molecular formula is C15H18N2O3. The normalized spacial score (nSPS) is 10.1. The number of rotatable bonds is 5. The van der Waals surface area contributed by atoms with Crippen LogP contribution in [0.25, 0.3) is 0 Å². The summed E-state index contributed by atoms with van der Waals surface area (Å²) in [6.45, 7) is 0.620. The van der Waals surface area contributed by atoms with Crippen molar-refractivity contribution in [3.05, 3.63) is 42.0 Å². The van der Waals surface area contributed by atoms with Crippen LogP contribution in [0.1, 0.15) is 5.56 Å². The number of hydrogen-bond donors (Lipinski definition) is 3. The molecule has 0 aliphatic carbocycles. The topological polar surface area (TPSA) is 76.7 Å². The van der Waals surface area contributed by atoms with Crippen molar-refractivity contribution in [3.63, 3.8) is 0 Å². The second-order valence-electron chi connectivity index (χ2n) is 4.33. The van der Waals surface area contributed by atoms with Crippen LogP contribution in [0.15, 0.2) is 36.4 Å². The van der Waals surface area contributed by atoms with Crippen LogP contribution in [0.4, 0.5) is 11.4 Å². The van der Waals surface area contributed by atoms with Crippen LogP contribution in [0.3, 0.4) is 0 Å². The first-order chi connectivity index (χ1) is 9.63. The van der Waals surface area contributed by atoms with Gasteiger partial charge in [-0.2, -0.15) is 0 Å². The number of nitrogens with two attached hydrogens (primary N) is 1. The number of ether oxygens (including phenoxy) is 2. The van der Waals surface area contributed by atoms with Crippen LogP contribution in [-0.2, 0) is 6.54 Å². The number of nitrogen functional groups attached to an aromatic ring is 1. The maximum absolute atomic E-state index is 9.88. The smallest absolute Gasteiger partial charge is 0.203 e. The van der Waals surface area contributed by atoms with E-state index in [1.165, 1.54) is 14.2 Å². The van der Waals surface area contributed by atoms with E-state index in [-0.39, 0.29) is 5.75 Å². The number of methoxy groups -OCH3 is 2. The molecule has 2 aromatic rings. The van der Waals surface area contributed by atoms with E-state index < -0.39 is 0 Å². The third-order valence-corrected chi connectivity index (χ3v) is 2.94. The Morgan fingerprint density at radius 2 is 1.80 bits per heavy atom. The second-order valence-corrected chi connectivity index (χ2v) is 4.33. The van der Waals surface area contributed by atoms with Crippen molar-refractivity contribution in [1.29, 1.82) is 0 Å². The molecule has 5 heteroatoms. The van der Waals surface area contributed by atoms with Crippen LogP contribution < -0.4 is 20.5 Å². The number of benzene rings is 2. The summed E-state index contributed by atoms with van der Waals surface area (Å²) in [5.74, 6) is 0.837. The fourth-order valence-electron chi connectivity index (χ4n) is 1.89. The maximum atomic E-state index is 9.88. The minimum absolute atomic E-state index is 0.0339. The van der Waals surface area contributed by atoms with Crippen molar-refractivity contribution >= 4 is 11.4 Å². The van der Waals surface area contributed by atoms with Crippen molar-refractivity contribution in [1.82, 2.24) is 0 Å². The monoisotopic (exact) mass is 274 g/mol. The number of hydrogen-bond acceptors (Lipinski definition) is 5. The zero-order valence-corrected chi connectivity index (χ0v) is 11.5. The van der Waals surface area contributed by atoms with E-state index in [2.05, 4.69) is 5.32 Å². The Hall–Kier alpha value is -2.56. The van der Waals surface area contributed by atoms with E-state index in [0.717, 1.165) is 16.9 Å². The Labute approximate surface area is 117 Å². The quantitative estimate of drug-likeness (QED) is 0.731. The van der Waals surface area contributed by atoms with Gasteiger partial charge in [0.25, 0.3) is 0 Å². The van der Waals surface area contributed by atoms with E-state index in [4.69, 9.17) is 15.2 Å². The summed E-state index contributed by atoms with van der Waals surface area (Å²) < 4.78 is 10.3. The zero-order chi connectivity index (χ0) is 14.5. The van der Waals surface area contributed by atoms with E-state index in [1.54, 1.807) is 12.1 Å². The first-order valence-corrected chi connectivity index (χ1v) is 6.17. The highest BCUT2D eigenvalue weighted by Crippen LogP contribution is 2.39. The first kappa shape index (κ1) is 13.9. The minimum Gasteiger partial charge on any atom is -0.504 e. The lowest BCUT2D eigenvalue weighted by atomic mass is 10.2. The molecule has 106 valence electrons. The van der Waals surface area contributed by atoms with E-state index in [9.17, 15) is 5.11 Å². The maximum Gasteiger partial charge on any atom is 0.203 e. The SMILES string of the molecule is COc1cc(NCc2ccc(N)cc2)cc(O)c1OC. The molecule has 0 amide bonds. The summed E-state index contributed by atoms with van der Waals surface area (Å²) in [6.07, 6.45) is 0. The Morgan fingerprint density at radius 3 is 2.40 bits per heavy atom. The highest BCUT2D eigenvalue weighted by molar-refractivity contribution is 5.62. The molecule has 0 radical (unpaired) electrons. The lowest BCUT2D eigenvalue weighted by Gasteiger charge is -2.13. The minimum atomic E-state index is 0.0339. The predicted molar refractivity (Wildman–Crippen MR) is 79.4 cm³/mol. The molecule has 20 heavy (non-hydrogen) atoms. The average Bonchev–Trinajstić information content (AvgIpc) is 2.46. The third-order valence-electron chi connectivity index (χ3n) is 2.94. The van der Waals surface area contributed by atoms with Gasteiger partial charge in [-0.15, -0.1) is 0 Å². The lowest BCUT2D eigenvalue weighted by molar-refractivity contribution is 0.333. The van der Waals surface area contributed by atoms with Gasteiger partial charge in [-0.3, -0.25) is 0 Å². The molecule has 0 spiro atoms. The van der Waals surface area contributed by atoms with Crippen molar-refractivity contribution in [2.24, 2.45) is 0 Å². The highest BCUT2D eigenvalue weighted by Gasteiger charge is 2.11. The number of phenolic OH excluding ortho intramolecular Hbond substituents is 1. The average molecular weight is 274 g/mol. The van der Waals surface area contributed by atoms with E-state index >= 15 is 0 Å². The molecule has 0 saturated carbocycles. The van der Waals surface area contributed by atoms with Crippen molar-refractivity contribution in [2.45, 2.75) is 6.54 Å². The molecule has 0 atom stereocenters. The largest absolute Gasteiger partial charge is 0.504 e. The Morgan fingerprint density at radius 1 is 1.10 bits per heavy atom. The number of phenols is 1. The van der Waals surface area contributed by atoms with Gasteiger partial charge in [-0.25, -0.2) is 0 Å². The van der Waals surface area contributed by atoms with Crippen LogP contribution in [-0.4, -0.2) is 19.3 Å². The Bertz CT molecular complexity index is 582. The van der Waals surface area contributed by atoms with Gasteiger partial charge in [-0.05, 0) is 17.7 Å². The number of nitrogens with one attached hydrogen (secondary N) is 1.